The molecule has 1 unspecified atom stereocenters. The van der Waals surface area contributed by atoms with Crippen LogP contribution in [-0.2, 0) is 4.79 Å². The van der Waals surface area contributed by atoms with Gasteiger partial charge in [-0.15, -0.1) is 0 Å². The average molecular weight is 415 g/mol. The van der Waals surface area contributed by atoms with E-state index < -0.39 is 36.0 Å². The molecule has 0 saturated carbocycles. The lowest BCUT2D eigenvalue weighted by Crippen LogP contribution is -2.31. The fourth-order valence-corrected chi connectivity index (χ4v) is 3.06. The first-order valence-corrected chi connectivity index (χ1v) is 8.98. The molecule has 9 heteroatoms. The molecule has 1 amide bonds. The van der Waals surface area contributed by atoms with E-state index in [1.54, 1.807) is 12.1 Å². The van der Waals surface area contributed by atoms with Crippen LogP contribution >= 0.6 is 0 Å². The van der Waals surface area contributed by atoms with Gasteiger partial charge in [0.15, 0.2) is 5.69 Å². The Morgan fingerprint density at radius 2 is 1.87 bits per heavy atom. The van der Waals surface area contributed by atoms with Crippen LogP contribution in [0.3, 0.4) is 0 Å². The van der Waals surface area contributed by atoms with Gasteiger partial charge in [-0.25, -0.2) is 8.78 Å². The van der Waals surface area contributed by atoms with Crippen molar-refractivity contribution in [1.29, 1.82) is 0 Å². The highest BCUT2D eigenvalue weighted by Gasteiger charge is 2.24. The molecule has 0 fully saturated rings. The first kappa shape index (κ1) is 21.0. The van der Waals surface area contributed by atoms with E-state index in [9.17, 15) is 23.5 Å². The number of benzene rings is 2. The minimum absolute atomic E-state index is 0.0801. The van der Waals surface area contributed by atoms with Crippen LogP contribution in [0.4, 0.5) is 8.78 Å². The largest absolute Gasteiger partial charge is 0.481 e. The Kier molecular flexibility index (Phi) is 6.10. The zero-order valence-corrected chi connectivity index (χ0v) is 16.2. The van der Waals surface area contributed by atoms with E-state index in [0.29, 0.717) is 5.56 Å². The summed E-state index contributed by atoms with van der Waals surface area (Å²) in [6, 6.07) is 10.4. The minimum atomic E-state index is -1.17. The van der Waals surface area contributed by atoms with E-state index in [2.05, 4.69) is 10.4 Å². The normalized spacial score (nSPS) is 11.7. The third-order valence-electron chi connectivity index (χ3n) is 4.57. The van der Waals surface area contributed by atoms with Crippen molar-refractivity contribution in [2.24, 2.45) is 0 Å². The number of carbonyl (C=O) groups is 2. The molecule has 7 nitrogen and oxygen atoms in total. The first-order chi connectivity index (χ1) is 14.3. The lowest BCUT2D eigenvalue weighted by atomic mass is 9.98. The second kappa shape index (κ2) is 8.73. The molecule has 0 aliphatic heterocycles. The fourth-order valence-electron chi connectivity index (χ4n) is 3.06. The molecule has 1 atom stereocenters. The van der Waals surface area contributed by atoms with Crippen LogP contribution < -0.4 is 10.1 Å². The van der Waals surface area contributed by atoms with E-state index >= 15 is 0 Å². The molecule has 1 heterocycles. The number of ether oxygens (including phenoxy) is 1. The van der Waals surface area contributed by atoms with Gasteiger partial charge < -0.3 is 15.2 Å². The van der Waals surface area contributed by atoms with Crippen molar-refractivity contribution in [2.45, 2.75) is 19.4 Å². The van der Waals surface area contributed by atoms with E-state index in [4.69, 9.17) is 4.74 Å². The summed E-state index contributed by atoms with van der Waals surface area (Å²) in [5.74, 6) is -2.84. The highest BCUT2D eigenvalue weighted by atomic mass is 19.1. The molecule has 2 N–H and O–H groups in total. The molecule has 30 heavy (non-hydrogen) atoms. The smallest absolute Gasteiger partial charge is 0.305 e. The highest BCUT2D eigenvalue weighted by Crippen LogP contribution is 2.25. The van der Waals surface area contributed by atoms with Gasteiger partial charge in [0, 0.05) is 6.07 Å². The van der Waals surface area contributed by atoms with Gasteiger partial charge in [-0.05, 0) is 36.2 Å². The summed E-state index contributed by atoms with van der Waals surface area (Å²) in [7, 11) is 1.35. The fraction of sp³-hybridized carbons (Fsp3) is 0.190. The number of carbonyl (C=O) groups excluding carboxylic acids is 1. The molecule has 0 saturated heterocycles. The molecule has 0 spiro atoms. The quantitative estimate of drug-likeness (QED) is 0.617. The molecule has 0 radical (unpaired) electrons. The van der Waals surface area contributed by atoms with Crippen molar-refractivity contribution in [3.05, 3.63) is 77.0 Å². The van der Waals surface area contributed by atoms with Crippen LogP contribution in [-0.4, -0.2) is 33.9 Å². The Bertz CT molecular complexity index is 1100. The summed E-state index contributed by atoms with van der Waals surface area (Å²) in [6.07, 6.45) is -0.457. The molecule has 0 bridgehead atoms. The summed E-state index contributed by atoms with van der Waals surface area (Å²) in [4.78, 5) is 24.1. The Labute approximate surface area is 170 Å². The Balaban J connectivity index is 1.94. The molecule has 0 aliphatic carbocycles. The molecule has 3 rings (SSSR count). The number of nitrogens with zero attached hydrogens (tertiary/aromatic N) is 2. The van der Waals surface area contributed by atoms with E-state index in [1.807, 2.05) is 0 Å². The predicted molar refractivity (Wildman–Crippen MR) is 104 cm³/mol. The topological polar surface area (TPSA) is 93.4 Å². The summed E-state index contributed by atoms with van der Waals surface area (Å²) < 4.78 is 34.4. The van der Waals surface area contributed by atoms with E-state index in [1.165, 1.54) is 50.4 Å². The number of aromatic nitrogens is 2. The zero-order chi connectivity index (χ0) is 21.8. The summed E-state index contributed by atoms with van der Waals surface area (Å²) in [5, 5.41) is 15.9. The minimum Gasteiger partial charge on any atom is -0.481 e. The van der Waals surface area contributed by atoms with Crippen molar-refractivity contribution >= 4 is 11.9 Å². The van der Waals surface area contributed by atoms with Gasteiger partial charge in [0.1, 0.15) is 17.3 Å². The van der Waals surface area contributed by atoms with Crippen molar-refractivity contribution in [2.75, 3.05) is 7.11 Å². The monoisotopic (exact) mass is 415 g/mol. The first-order valence-electron chi connectivity index (χ1n) is 8.98. The van der Waals surface area contributed by atoms with Crippen LogP contribution in [0.25, 0.3) is 5.69 Å². The van der Waals surface area contributed by atoms with Gasteiger partial charge in [0.25, 0.3) is 5.91 Å². The van der Waals surface area contributed by atoms with Gasteiger partial charge in [0.2, 0.25) is 5.88 Å². The van der Waals surface area contributed by atoms with Crippen molar-refractivity contribution in [3.63, 3.8) is 0 Å². The average Bonchev–Trinajstić information content (AvgIpc) is 3.14. The third-order valence-corrected chi connectivity index (χ3v) is 4.57. The number of carboxylic acid groups (broad SMARTS) is 1. The zero-order valence-electron chi connectivity index (χ0n) is 16.2. The summed E-state index contributed by atoms with van der Waals surface area (Å²) >= 11 is 0. The molecule has 0 aliphatic rings. The number of aliphatic carboxylic acids is 1. The van der Waals surface area contributed by atoms with Crippen LogP contribution in [0.5, 0.6) is 5.88 Å². The number of hydrogen-bond donors (Lipinski definition) is 2. The second-order valence-corrected chi connectivity index (χ2v) is 6.51. The standard InChI is InChI=1S/C21H19F2N3O4/c1-12-13(6-5-8-14(12)22)16(11-20(27)28)24-21(29)17-10-19(30-2)26(25-17)18-9-4-3-7-15(18)23/h3-10,16H,11H2,1-2H3,(H,24,29)(H,27,28). The number of para-hydroxylation sites is 1. The third kappa shape index (κ3) is 4.29. The van der Waals surface area contributed by atoms with Gasteiger partial charge in [-0.1, -0.05) is 24.3 Å². The number of hydrogen-bond acceptors (Lipinski definition) is 4. The molecule has 1 aromatic heterocycles. The molecule has 156 valence electrons. The number of methoxy groups -OCH3 is 1. The molecular formula is C21H19F2N3O4. The van der Waals surface area contributed by atoms with Gasteiger partial charge in [-0.2, -0.15) is 9.78 Å². The summed E-state index contributed by atoms with van der Waals surface area (Å²) in [6.45, 7) is 1.50. The Morgan fingerprint density at radius 3 is 2.53 bits per heavy atom. The van der Waals surface area contributed by atoms with Crippen LogP contribution in [0.2, 0.25) is 0 Å². The molecular weight excluding hydrogens is 396 g/mol. The number of carboxylic acids is 1. The van der Waals surface area contributed by atoms with E-state index in [-0.39, 0.29) is 22.8 Å². The van der Waals surface area contributed by atoms with Crippen molar-refractivity contribution in [1.82, 2.24) is 15.1 Å². The predicted octanol–water partition coefficient (Wildman–Crippen LogP) is 3.41. The van der Waals surface area contributed by atoms with Crippen LogP contribution in [0.15, 0.2) is 48.5 Å². The maximum absolute atomic E-state index is 14.1. The van der Waals surface area contributed by atoms with Crippen molar-refractivity contribution < 1.29 is 28.2 Å². The lowest BCUT2D eigenvalue weighted by Gasteiger charge is -2.19. The number of amides is 1. The van der Waals surface area contributed by atoms with Gasteiger partial charge in [0.05, 0.1) is 19.6 Å². The Morgan fingerprint density at radius 1 is 1.17 bits per heavy atom. The van der Waals surface area contributed by atoms with Crippen LogP contribution in [0.1, 0.15) is 34.1 Å². The number of halogens is 2. The molecule has 3 aromatic rings. The Hall–Kier alpha value is -3.75. The SMILES string of the molecule is COc1cc(C(=O)NC(CC(=O)O)c2cccc(F)c2C)nn1-c1ccccc1F. The highest BCUT2D eigenvalue weighted by molar-refractivity contribution is 5.93. The van der Waals surface area contributed by atoms with Gasteiger partial charge in [-0.3, -0.25) is 9.59 Å². The van der Waals surface area contributed by atoms with Gasteiger partial charge >= 0.3 is 5.97 Å². The van der Waals surface area contributed by atoms with Crippen LogP contribution in [0, 0.1) is 18.6 Å². The second-order valence-electron chi connectivity index (χ2n) is 6.51. The summed E-state index contributed by atoms with van der Waals surface area (Å²) in [5.41, 5.74) is 0.542. The maximum atomic E-state index is 14.1. The van der Waals surface area contributed by atoms with Crippen molar-refractivity contribution in [3.8, 4) is 11.6 Å². The number of rotatable bonds is 7. The number of nitrogens with one attached hydrogen (secondary N) is 1. The lowest BCUT2D eigenvalue weighted by molar-refractivity contribution is -0.137. The molecule has 2 aromatic carbocycles. The maximum Gasteiger partial charge on any atom is 0.305 e. The van der Waals surface area contributed by atoms with E-state index in [0.717, 1.165) is 4.68 Å².